The molecule has 1 aromatic rings. The number of amides is 1. The number of aliphatic hydroxyl groups excluding tert-OH is 1. The lowest BCUT2D eigenvalue weighted by atomic mass is 10.0. The molecule has 0 bridgehead atoms. The number of carbonyl (C=O) groups is 1. The molecule has 1 amide bonds. The van der Waals surface area contributed by atoms with Gasteiger partial charge in [-0.05, 0) is 13.3 Å². The second-order valence-electron chi connectivity index (χ2n) is 3.95. The number of aliphatic hydroxyl groups is 1. The van der Waals surface area contributed by atoms with Crippen LogP contribution in [0.5, 0.6) is 0 Å². The van der Waals surface area contributed by atoms with E-state index in [1.807, 2.05) is 6.92 Å². The lowest BCUT2D eigenvalue weighted by Gasteiger charge is -2.12. The van der Waals surface area contributed by atoms with Crippen LogP contribution in [0.15, 0.2) is 6.20 Å². The summed E-state index contributed by atoms with van der Waals surface area (Å²) in [5.41, 5.74) is 0. The van der Waals surface area contributed by atoms with E-state index in [0.29, 0.717) is 11.7 Å². The normalized spacial score (nSPS) is 22.3. The molecule has 2 atom stereocenters. The van der Waals surface area contributed by atoms with Gasteiger partial charge in [0.15, 0.2) is 5.13 Å². The first-order valence-corrected chi connectivity index (χ1v) is 6.50. The summed E-state index contributed by atoms with van der Waals surface area (Å²) in [7, 11) is 0. The summed E-state index contributed by atoms with van der Waals surface area (Å²) in [6, 6.07) is 0. The van der Waals surface area contributed by atoms with Crippen LogP contribution in [-0.2, 0) is 9.53 Å². The predicted molar refractivity (Wildman–Crippen MR) is 68.2 cm³/mol. The van der Waals surface area contributed by atoms with E-state index >= 15 is 0 Å². The lowest BCUT2D eigenvalue weighted by molar-refractivity contribution is -0.121. The van der Waals surface area contributed by atoms with Gasteiger partial charge in [-0.2, -0.15) is 0 Å². The highest BCUT2D eigenvalue weighted by Crippen LogP contribution is 2.23. The molecule has 6 heteroatoms. The van der Waals surface area contributed by atoms with Gasteiger partial charge in [-0.25, -0.2) is 4.98 Å². The van der Waals surface area contributed by atoms with Crippen molar-refractivity contribution in [3.05, 3.63) is 11.1 Å². The Hall–Kier alpha value is -1.42. The maximum absolute atomic E-state index is 11.9. The minimum atomic E-state index is -0.184. The van der Waals surface area contributed by atoms with Gasteiger partial charge in [-0.3, -0.25) is 4.79 Å². The fourth-order valence-electron chi connectivity index (χ4n) is 1.79. The third kappa shape index (κ3) is 3.07. The van der Waals surface area contributed by atoms with Crippen LogP contribution in [0.2, 0.25) is 0 Å². The Morgan fingerprint density at radius 1 is 1.78 bits per heavy atom. The van der Waals surface area contributed by atoms with Crippen molar-refractivity contribution < 1.29 is 14.6 Å². The first-order valence-electron chi connectivity index (χ1n) is 5.68. The number of hydrogen-bond acceptors (Lipinski definition) is 5. The molecule has 2 heterocycles. The van der Waals surface area contributed by atoms with Crippen molar-refractivity contribution in [2.24, 2.45) is 5.92 Å². The van der Waals surface area contributed by atoms with Crippen LogP contribution in [0.3, 0.4) is 0 Å². The Morgan fingerprint density at radius 3 is 3.28 bits per heavy atom. The molecule has 0 aromatic carbocycles. The number of hydrogen-bond donors (Lipinski definition) is 2. The number of rotatable bonds is 2. The van der Waals surface area contributed by atoms with Gasteiger partial charge in [-0.15, -0.1) is 0 Å². The van der Waals surface area contributed by atoms with Crippen LogP contribution in [0.1, 0.15) is 18.2 Å². The number of nitrogens with one attached hydrogen (secondary N) is 1. The SMILES string of the molecule is CC1OCCC1C(=O)Nc1ncc(C#CCO)s1. The zero-order valence-corrected chi connectivity index (χ0v) is 10.8. The van der Waals surface area contributed by atoms with Crippen molar-refractivity contribution in [2.75, 3.05) is 18.5 Å². The molecular formula is C12H14N2O3S. The Balaban J connectivity index is 1.96. The molecule has 0 saturated carbocycles. The zero-order chi connectivity index (χ0) is 13.0. The van der Waals surface area contributed by atoms with Crippen molar-refractivity contribution in [3.63, 3.8) is 0 Å². The molecule has 1 aliphatic rings. The summed E-state index contributed by atoms with van der Waals surface area (Å²) in [6.07, 6.45) is 2.28. The minimum Gasteiger partial charge on any atom is -0.384 e. The molecular weight excluding hydrogens is 252 g/mol. The van der Waals surface area contributed by atoms with E-state index in [2.05, 4.69) is 22.1 Å². The highest BCUT2D eigenvalue weighted by molar-refractivity contribution is 7.16. The number of anilines is 1. The Bertz CT molecular complexity index is 489. The second kappa shape index (κ2) is 5.96. The van der Waals surface area contributed by atoms with Crippen molar-refractivity contribution in [1.29, 1.82) is 0 Å². The lowest BCUT2D eigenvalue weighted by Crippen LogP contribution is -2.27. The van der Waals surface area contributed by atoms with Gasteiger partial charge in [0.05, 0.1) is 23.1 Å². The Kier molecular flexibility index (Phi) is 4.31. The van der Waals surface area contributed by atoms with Crippen molar-refractivity contribution in [3.8, 4) is 11.8 Å². The molecule has 0 radical (unpaired) electrons. The van der Waals surface area contributed by atoms with Gasteiger partial charge < -0.3 is 15.2 Å². The summed E-state index contributed by atoms with van der Waals surface area (Å²) >= 11 is 1.29. The molecule has 1 fully saturated rings. The fraction of sp³-hybridized carbons (Fsp3) is 0.500. The largest absolute Gasteiger partial charge is 0.384 e. The van der Waals surface area contributed by atoms with Crippen molar-refractivity contribution >= 4 is 22.4 Å². The van der Waals surface area contributed by atoms with Crippen LogP contribution in [0, 0.1) is 17.8 Å². The number of aromatic nitrogens is 1. The predicted octanol–water partition coefficient (Wildman–Crippen LogP) is 0.850. The quantitative estimate of drug-likeness (QED) is 0.779. The average Bonchev–Trinajstić information content (AvgIpc) is 2.95. The Morgan fingerprint density at radius 2 is 2.61 bits per heavy atom. The second-order valence-corrected chi connectivity index (χ2v) is 4.98. The van der Waals surface area contributed by atoms with E-state index in [-0.39, 0.29) is 24.5 Å². The fourth-order valence-corrected chi connectivity index (χ4v) is 2.48. The van der Waals surface area contributed by atoms with E-state index in [9.17, 15) is 4.79 Å². The number of carbonyl (C=O) groups excluding carboxylic acids is 1. The zero-order valence-electron chi connectivity index (χ0n) is 9.97. The molecule has 0 spiro atoms. The van der Waals surface area contributed by atoms with E-state index in [1.54, 1.807) is 6.20 Å². The highest BCUT2D eigenvalue weighted by Gasteiger charge is 2.31. The Labute approximate surface area is 109 Å². The maximum atomic E-state index is 11.9. The summed E-state index contributed by atoms with van der Waals surface area (Å²) < 4.78 is 5.35. The summed E-state index contributed by atoms with van der Waals surface area (Å²) in [5, 5.41) is 11.9. The van der Waals surface area contributed by atoms with Gasteiger partial charge in [0, 0.05) is 6.61 Å². The molecule has 2 rings (SSSR count). The van der Waals surface area contributed by atoms with Crippen molar-refractivity contribution in [1.82, 2.24) is 4.98 Å². The highest BCUT2D eigenvalue weighted by atomic mass is 32.1. The van der Waals surface area contributed by atoms with Crippen LogP contribution in [-0.4, -0.2) is 35.3 Å². The van der Waals surface area contributed by atoms with Gasteiger partial charge in [0.25, 0.3) is 0 Å². The standard InChI is InChI=1S/C12H14N2O3S/c1-8-10(4-6-17-8)11(16)14-12-13-7-9(18-12)3-2-5-15/h7-8,10,15H,4-6H2,1H3,(H,13,14,16). The average molecular weight is 266 g/mol. The van der Waals surface area contributed by atoms with Crippen molar-refractivity contribution in [2.45, 2.75) is 19.4 Å². The van der Waals surface area contributed by atoms with E-state index in [1.165, 1.54) is 11.3 Å². The number of thiazole rings is 1. The molecule has 96 valence electrons. The van der Waals surface area contributed by atoms with E-state index in [0.717, 1.165) is 11.3 Å². The third-order valence-electron chi connectivity index (χ3n) is 2.74. The first-order chi connectivity index (χ1) is 8.70. The summed E-state index contributed by atoms with van der Waals surface area (Å²) in [6.45, 7) is 2.35. The van der Waals surface area contributed by atoms with Crippen LogP contribution < -0.4 is 5.32 Å². The van der Waals surface area contributed by atoms with Crippen LogP contribution in [0.25, 0.3) is 0 Å². The van der Waals surface area contributed by atoms with Gasteiger partial charge >= 0.3 is 0 Å². The molecule has 1 saturated heterocycles. The van der Waals surface area contributed by atoms with Crippen LogP contribution in [0.4, 0.5) is 5.13 Å². The van der Waals surface area contributed by atoms with E-state index < -0.39 is 0 Å². The number of nitrogens with zero attached hydrogens (tertiary/aromatic N) is 1. The maximum Gasteiger partial charge on any atom is 0.231 e. The van der Waals surface area contributed by atoms with Gasteiger partial charge in [0.2, 0.25) is 5.91 Å². The summed E-state index contributed by atoms with van der Waals surface area (Å²) in [4.78, 5) is 16.7. The topological polar surface area (TPSA) is 71.5 Å². The smallest absolute Gasteiger partial charge is 0.231 e. The van der Waals surface area contributed by atoms with Gasteiger partial charge in [-0.1, -0.05) is 23.2 Å². The molecule has 2 unspecified atom stereocenters. The molecule has 1 aliphatic heterocycles. The molecule has 0 aliphatic carbocycles. The monoisotopic (exact) mass is 266 g/mol. The third-order valence-corrected chi connectivity index (χ3v) is 3.57. The minimum absolute atomic E-state index is 0.0430. The molecule has 2 N–H and O–H groups in total. The number of ether oxygens (including phenoxy) is 1. The summed E-state index contributed by atoms with van der Waals surface area (Å²) in [5.74, 6) is 5.11. The molecule has 1 aromatic heterocycles. The first kappa shape index (κ1) is 13.0. The molecule has 18 heavy (non-hydrogen) atoms. The van der Waals surface area contributed by atoms with E-state index in [4.69, 9.17) is 9.84 Å². The molecule has 5 nitrogen and oxygen atoms in total. The van der Waals surface area contributed by atoms with Crippen LogP contribution >= 0.6 is 11.3 Å². The van der Waals surface area contributed by atoms with Gasteiger partial charge in [0.1, 0.15) is 6.61 Å².